The van der Waals surface area contributed by atoms with Gasteiger partial charge in [-0.05, 0) is 31.7 Å². The van der Waals surface area contributed by atoms with Gasteiger partial charge in [-0.3, -0.25) is 4.79 Å². The van der Waals surface area contributed by atoms with Gasteiger partial charge in [0.2, 0.25) is 0 Å². The second-order valence-electron chi connectivity index (χ2n) is 5.70. The van der Waals surface area contributed by atoms with Crippen molar-refractivity contribution in [3.05, 3.63) is 35.9 Å². The zero-order valence-corrected chi connectivity index (χ0v) is 11.5. The molecule has 0 N–H and O–H groups in total. The van der Waals surface area contributed by atoms with E-state index >= 15 is 0 Å². The lowest BCUT2D eigenvalue weighted by Gasteiger charge is -2.23. The van der Waals surface area contributed by atoms with Gasteiger partial charge in [0, 0.05) is 11.8 Å². The first kappa shape index (κ1) is 14.0. The molecule has 0 unspecified atom stereocenters. The molecule has 1 aromatic carbocycles. The molecule has 0 aliphatic heterocycles. The van der Waals surface area contributed by atoms with Crippen LogP contribution in [0.5, 0.6) is 0 Å². The third kappa shape index (κ3) is 3.99. The monoisotopic (exact) mass is 232 g/mol. The zero-order chi connectivity index (χ0) is 12.9. The van der Waals surface area contributed by atoms with E-state index in [1.807, 2.05) is 44.2 Å². The third-order valence-electron chi connectivity index (χ3n) is 3.38. The molecule has 0 saturated carbocycles. The normalized spacial score (nSPS) is 11.8. The Balaban J connectivity index is 2.61. The SMILES string of the molecule is CC(C)CCCC(=O)C(C)(C)c1ccccc1. The highest BCUT2D eigenvalue weighted by Crippen LogP contribution is 2.26. The summed E-state index contributed by atoms with van der Waals surface area (Å²) in [6.07, 6.45) is 2.84. The first-order chi connectivity index (χ1) is 7.94. The first-order valence-electron chi connectivity index (χ1n) is 6.53. The van der Waals surface area contributed by atoms with Crippen LogP contribution in [0.4, 0.5) is 0 Å². The van der Waals surface area contributed by atoms with Gasteiger partial charge < -0.3 is 0 Å². The lowest BCUT2D eigenvalue weighted by molar-refractivity contribution is -0.123. The molecule has 0 atom stereocenters. The second-order valence-corrected chi connectivity index (χ2v) is 5.70. The Labute approximate surface area is 105 Å². The Morgan fingerprint density at radius 1 is 1.18 bits per heavy atom. The number of ketones is 1. The van der Waals surface area contributed by atoms with Crippen LogP contribution in [0.2, 0.25) is 0 Å². The van der Waals surface area contributed by atoms with Gasteiger partial charge >= 0.3 is 0 Å². The van der Waals surface area contributed by atoms with Gasteiger partial charge in [0.25, 0.3) is 0 Å². The van der Waals surface area contributed by atoms with E-state index in [1.165, 1.54) is 0 Å². The van der Waals surface area contributed by atoms with Crippen LogP contribution in [-0.4, -0.2) is 5.78 Å². The number of rotatable bonds is 6. The number of carbonyl (C=O) groups is 1. The minimum absolute atomic E-state index is 0.349. The molecule has 0 saturated heterocycles. The van der Waals surface area contributed by atoms with Crippen LogP contribution in [0, 0.1) is 5.92 Å². The van der Waals surface area contributed by atoms with E-state index in [0.29, 0.717) is 18.1 Å². The highest BCUT2D eigenvalue weighted by atomic mass is 16.1. The van der Waals surface area contributed by atoms with Gasteiger partial charge in [0.15, 0.2) is 0 Å². The van der Waals surface area contributed by atoms with Crippen molar-refractivity contribution in [1.29, 1.82) is 0 Å². The highest BCUT2D eigenvalue weighted by Gasteiger charge is 2.28. The van der Waals surface area contributed by atoms with Crippen LogP contribution in [-0.2, 0) is 10.2 Å². The van der Waals surface area contributed by atoms with E-state index in [-0.39, 0.29) is 5.41 Å². The molecule has 1 heteroatoms. The minimum atomic E-state index is -0.349. The quantitative estimate of drug-likeness (QED) is 0.712. The summed E-state index contributed by atoms with van der Waals surface area (Å²) in [4.78, 5) is 12.2. The zero-order valence-electron chi connectivity index (χ0n) is 11.5. The summed E-state index contributed by atoms with van der Waals surface area (Å²) in [5, 5.41) is 0. The predicted molar refractivity (Wildman–Crippen MR) is 73.2 cm³/mol. The highest BCUT2D eigenvalue weighted by molar-refractivity contribution is 5.89. The molecule has 1 rings (SSSR count). The van der Waals surface area contributed by atoms with Gasteiger partial charge in [0.05, 0.1) is 0 Å². The van der Waals surface area contributed by atoms with Crippen LogP contribution >= 0.6 is 0 Å². The number of Topliss-reactive ketones (excluding diaryl/α,β-unsaturated/α-hetero) is 1. The molecule has 94 valence electrons. The molecule has 0 aromatic heterocycles. The molecule has 0 amide bonds. The molecule has 1 aromatic rings. The van der Waals surface area contributed by atoms with Crippen molar-refractivity contribution in [2.24, 2.45) is 5.92 Å². The minimum Gasteiger partial charge on any atom is -0.299 e. The smallest absolute Gasteiger partial charge is 0.142 e. The molecule has 0 spiro atoms. The van der Waals surface area contributed by atoms with Crippen molar-refractivity contribution in [3.8, 4) is 0 Å². The average Bonchev–Trinajstić information content (AvgIpc) is 2.29. The van der Waals surface area contributed by atoms with E-state index in [9.17, 15) is 4.79 Å². The maximum atomic E-state index is 12.2. The fourth-order valence-corrected chi connectivity index (χ4v) is 2.00. The first-order valence-corrected chi connectivity index (χ1v) is 6.53. The Kier molecular flexibility index (Phi) is 4.92. The molecule has 17 heavy (non-hydrogen) atoms. The molecular weight excluding hydrogens is 208 g/mol. The largest absolute Gasteiger partial charge is 0.299 e. The van der Waals surface area contributed by atoms with Crippen LogP contribution in [0.15, 0.2) is 30.3 Å². The summed E-state index contributed by atoms with van der Waals surface area (Å²) in [7, 11) is 0. The average molecular weight is 232 g/mol. The lowest BCUT2D eigenvalue weighted by Crippen LogP contribution is -2.28. The molecule has 0 aliphatic rings. The lowest BCUT2D eigenvalue weighted by atomic mass is 9.78. The summed E-state index contributed by atoms with van der Waals surface area (Å²) in [5.41, 5.74) is 0.771. The molecular formula is C16H24O. The number of benzene rings is 1. The summed E-state index contributed by atoms with van der Waals surface area (Å²) < 4.78 is 0. The summed E-state index contributed by atoms with van der Waals surface area (Å²) in [6, 6.07) is 10.1. The summed E-state index contributed by atoms with van der Waals surface area (Å²) >= 11 is 0. The van der Waals surface area contributed by atoms with Crippen molar-refractivity contribution in [2.75, 3.05) is 0 Å². The molecule has 1 nitrogen and oxygen atoms in total. The fraction of sp³-hybridized carbons (Fsp3) is 0.562. The molecule has 0 radical (unpaired) electrons. The Morgan fingerprint density at radius 2 is 1.76 bits per heavy atom. The molecule has 0 heterocycles. The Hall–Kier alpha value is -1.11. The predicted octanol–water partition coefficient (Wildman–Crippen LogP) is 4.36. The molecule has 0 fully saturated rings. The van der Waals surface area contributed by atoms with Crippen molar-refractivity contribution in [2.45, 2.75) is 52.4 Å². The number of hydrogen-bond acceptors (Lipinski definition) is 1. The van der Waals surface area contributed by atoms with E-state index in [4.69, 9.17) is 0 Å². The maximum Gasteiger partial charge on any atom is 0.142 e. The van der Waals surface area contributed by atoms with Crippen LogP contribution in [0.1, 0.15) is 52.5 Å². The van der Waals surface area contributed by atoms with Crippen molar-refractivity contribution in [3.63, 3.8) is 0 Å². The van der Waals surface area contributed by atoms with Gasteiger partial charge in [-0.1, -0.05) is 50.6 Å². The van der Waals surface area contributed by atoms with E-state index in [2.05, 4.69) is 13.8 Å². The van der Waals surface area contributed by atoms with Gasteiger partial charge in [-0.25, -0.2) is 0 Å². The molecule has 0 bridgehead atoms. The van der Waals surface area contributed by atoms with Crippen molar-refractivity contribution in [1.82, 2.24) is 0 Å². The summed E-state index contributed by atoms with van der Waals surface area (Å²) in [5.74, 6) is 1.03. The topological polar surface area (TPSA) is 17.1 Å². The molecule has 0 aliphatic carbocycles. The van der Waals surface area contributed by atoms with E-state index in [1.54, 1.807) is 0 Å². The van der Waals surface area contributed by atoms with Crippen molar-refractivity contribution >= 4 is 5.78 Å². The van der Waals surface area contributed by atoms with Gasteiger partial charge in [-0.15, -0.1) is 0 Å². The van der Waals surface area contributed by atoms with Crippen molar-refractivity contribution < 1.29 is 4.79 Å². The van der Waals surface area contributed by atoms with Crippen LogP contribution in [0.3, 0.4) is 0 Å². The second kappa shape index (κ2) is 6.00. The van der Waals surface area contributed by atoms with Gasteiger partial charge in [0.1, 0.15) is 5.78 Å². The standard InChI is InChI=1S/C16H24O/c1-13(2)9-8-12-15(17)16(3,4)14-10-6-5-7-11-14/h5-7,10-11,13H,8-9,12H2,1-4H3. The Bertz CT molecular complexity index is 349. The van der Waals surface area contributed by atoms with E-state index in [0.717, 1.165) is 18.4 Å². The maximum absolute atomic E-state index is 12.2. The van der Waals surface area contributed by atoms with E-state index < -0.39 is 0 Å². The summed E-state index contributed by atoms with van der Waals surface area (Å²) in [6.45, 7) is 8.46. The van der Waals surface area contributed by atoms with Gasteiger partial charge in [-0.2, -0.15) is 0 Å². The van der Waals surface area contributed by atoms with Crippen LogP contribution < -0.4 is 0 Å². The third-order valence-corrected chi connectivity index (χ3v) is 3.38. The number of hydrogen-bond donors (Lipinski definition) is 0. The Morgan fingerprint density at radius 3 is 2.29 bits per heavy atom. The number of carbonyl (C=O) groups excluding carboxylic acids is 1. The fourth-order valence-electron chi connectivity index (χ4n) is 2.00. The van der Waals surface area contributed by atoms with Crippen LogP contribution in [0.25, 0.3) is 0 Å².